The summed E-state index contributed by atoms with van der Waals surface area (Å²) in [7, 11) is 0. The molecule has 3 rings (SSSR count). The Bertz CT molecular complexity index is 643. The van der Waals surface area contributed by atoms with E-state index in [0.29, 0.717) is 32.4 Å². The molecule has 0 unspecified atom stereocenters. The Hall–Kier alpha value is -2.30. The highest BCUT2D eigenvalue weighted by Crippen LogP contribution is 2.21. The quantitative estimate of drug-likeness (QED) is 0.936. The van der Waals surface area contributed by atoms with Crippen LogP contribution in [0.2, 0.25) is 0 Å². The number of carbonyl (C=O) groups excluding carboxylic acids is 1. The second kappa shape index (κ2) is 5.60. The van der Waals surface area contributed by atoms with Crippen LogP contribution in [0.1, 0.15) is 18.6 Å². The van der Waals surface area contributed by atoms with Crippen LogP contribution in [0.25, 0.3) is 11.0 Å². The van der Waals surface area contributed by atoms with E-state index in [1.165, 1.54) is 0 Å². The highest BCUT2D eigenvalue weighted by molar-refractivity contribution is 5.80. The Morgan fingerprint density at radius 1 is 1.33 bits per heavy atom. The molecule has 2 heterocycles. The maximum Gasteiger partial charge on any atom is 0.308 e. The molecule has 1 N–H and O–H groups in total. The lowest BCUT2D eigenvalue weighted by Gasteiger charge is -2.15. The number of fused-ring (bicyclic) bond motifs is 1. The molecular formula is C16H17NO4. The number of carbonyl (C=O) groups is 2. The molecule has 1 atom stereocenters. The number of benzene rings is 1. The Balaban J connectivity index is 1.57. The van der Waals surface area contributed by atoms with Gasteiger partial charge in [0.15, 0.2) is 0 Å². The summed E-state index contributed by atoms with van der Waals surface area (Å²) in [6, 6.07) is 9.69. The lowest BCUT2D eigenvalue weighted by molar-refractivity contribution is -0.141. The summed E-state index contributed by atoms with van der Waals surface area (Å²) in [4.78, 5) is 24.6. The summed E-state index contributed by atoms with van der Waals surface area (Å²) >= 11 is 0. The van der Waals surface area contributed by atoms with Crippen molar-refractivity contribution in [2.24, 2.45) is 5.92 Å². The molecular weight excluding hydrogens is 270 g/mol. The molecule has 110 valence electrons. The number of furan rings is 1. The van der Waals surface area contributed by atoms with Gasteiger partial charge < -0.3 is 14.4 Å². The first-order valence-corrected chi connectivity index (χ1v) is 7.11. The van der Waals surface area contributed by atoms with E-state index in [-0.39, 0.29) is 5.91 Å². The number of amides is 1. The van der Waals surface area contributed by atoms with E-state index in [1.807, 2.05) is 30.3 Å². The predicted molar refractivity (Wildman–Crippen MR) is 76.9 cm³/mol. The van der Waals surface area contributed by atoms with Gasteiger partial charge in [-0.25, -0.2) is 0 Å². The molecule has 1 aromatic heterocycles. The number of aliphatic carboxylic acids is 1. The second-order valence-corrected chi connectivity index (χ2v) is 5.41. The van der Waals surface area contributed by atoms with Crippen LogP contribution in [0.15, 0.2) is 34.7 Å². The largest absolute Gasteiger partial charge is 0.481 e. The van der Waals surface area contributed by atoms with E-state index in [1.54, 1.807) is 4.90 Å². The van der Waals surface area contributed by atoms with Gasteiger partial charge in [0, 0.05) is 31.3 Å². The van der Waals surface area contributed by atoms with Crippen molar-refractivity contribution in [2.75, 3.05) is 13.1 Å². The van der Waals surface area contributed by atoms with Gasteiger partial charge in [-0.05, 0) is 18.6 Å². The van der Waals surface area contributed by atoms with Crippen LogP contribution in [-0.4, -0.2) is 35.0 Å². The SMILES string of the molecule is O=C(O)[C@H]1CCN(C(=O)CCc2cc3ccccc3o2)C1. The summed E-state index contributed by atoms with van der Waals surface area (Å²) in [5.41, 5.74) is 0.826. The van der Waals surface area contributed by atoms with Crippen molar-refractivity contribution < 1.29 is 19.1 Å². The van der Waals surface area contributed by atoms with Gasteiger partial charge in [0.05, 0.1) is 5.92 Å². The summed E-state index contributed by atoms with van der Waals surface area (Å²) in [5.74, 6) is -0.444. The number of para-hydroxylation sites is 1. The second-order valence-electron chi connectivity index (χ2n) is 5.41. The third kappa shape index (κ3) is 2.91. The third-order valence-corrected chi connectivity index (χ3v) is 3.95. The van der Waals surface area contributed by atoms with Crippen molar-refractivity contribution in [3.05, 3.63) is 36.1 Å². The van der Waals surface area contributed by atoms with Gasteiger partial charge in [0.25, 0.3) is 0 Å². The minimum Gasteiger partial charge on any atom is -0.481 e. The molecule has 5 nitrogen and oxygen atoms in total. The number of nitrogens with zero attached hydrogens (tertiary/aromatic N) is 1. The number of aryl methyl sites for hydroxylation is 1. The Kier molecular flexibility index (Phi) is 3.64. The smallest absolute Gasteiger partial charge is 0.308 e. The molecule has 21 heavy (non-hydrogen) atoms. The Morgan fingerprint density at radius 2 is 2.14 bits per heavy atom. The zero-order valence-corrected chi connectivity index (χ0v) is 11.6. The summed E-state index contributed by atoms with van der Waals surface area (Å²) < 4.78 is 5.68. The van der Waals surface area contributed by atoms with Crippen LogP contribution in [-0.2, 0) is 16.0 Å². The van der Waals surface area contributed by atoms with Gasteiger partial charge in [-0.15, -0.1) is 0 Å². The molecule has 1 aliphatic rings. The molecule has 2 aromatic rings. The molecule has 0 saturated carbocycles. The number of carboxylic acid groups (broad SMARTS) is 1. The number of carboxylic acids is 1. The average molecular weight is 287 g/mol. The maximum absolute atomic E-state index is 12.1. The fourth-order valence-corrected chi connectivity index (χ4v) is 2.74. The summed E-state index contributed by atoms with van der Waals surface area (Å²) in [5, 5.41) is 9.98. The van der Waals surface area contributed by atoms with Gasteiger partial charge in [0.2, 0.25) is 5.91 Å². The number of likely N-dealkylation sites (tertiary alicyclic amines) is 1. The highest BCUT2D eigenvalue weighted by Gasteiger charge is 2.30. The molecule has 5 heteroatoms. The molecule has 1 saturated heterocycles. The molecule has 1 fully saturated rings. The monoisotopic (exact) mass is 287 g/mol. The normalized spacial score (nSPS) is 18.3. The Labute approximate surface area is 122 Å². The third-order valence-electron chi connectivity index (χ3n) is 3.95. The van der Waals surface area contributed by atoms with E-state index in [9.17, 15) is 9.59 Å². The van der Waals surface area contributed by atoms with Crippen molar-refractivity contribution in [2.45, 2.75) is 19.3 Å². The highest BCUT2D eigenvalue weighted by atomic mass is 16.4. The van der Waals surface area contributed by atoms with Crippen molar-refractivity contribution in [3.8, 4) is 0 Å². The van der Waals surface area contributed by atoms with Crippen molar-refractivity contribution in [1.82, 2.24) is 4.90 Å². The molecule has 1 aromatic carbocycles. The molecule has 1 aliphatic heterocycles. The first kappa shape index (κ1) is 13.7. The molecule has 0 spiro atoms. The van der Waals surface area contributed by atoms with Gasteiger partial charge in [-0.1, -0.05) is 18.2 Å². The fourth-order valence-electron chi connectivity index (χ4n) is 2.74. The van der Waals surface area contributed by atoms with Gasteiger partial charge >= 0.3 is 5.97 Å². The average Bonchev–Trinajstić information content (AvgIpc) is 3.11. The Morgan fingerprint density at radius 3 is 2.86 bits per heavy atom. The lowest BCUT2D eigenvalue weighted by atomic mass is 10.1. The minimum atomic E-state index is -0.817. The first-order chi connectivity index (χ1) is 10.1. The van der Waals surface area contributed by atoms with Crippen LogP contribution in [0.5, 0.6) is 0 Å². The standard InChI is InChI=1S/C16H17NO4/c18-15(17-8-7-12(10-17)16(19)20)6-5-13-9-11-3-1-2-4-14(11)21-13/h1-4,9,12H,5-8,10H2,(H,19,20)/t12-/m0/s1. The van der Waals surface area contributed by atoms with E-state index in [0.717, 1.165) is 16.7 Å². The number of rotatable bonds is 4. The zero-order chi connectivity index (χ0) is 14.8. The number of hydrogen-bond acceptors (Lipinski definition) is 3. The van der Waals surface area contributed by atoms with Crippen LogP contribution < -0.4 is 0 Å². The molecule has 0 bridgehead atoms. The first-order valence-electron chi connectivity index (χ1n) is 7.11. The van der Waals surface area contributed by atoms with Crippen molar-refractivity contribution in [1.29, 1.82) is 0 Å². The van der Waals surface area contributed by atoms with E-state index < -0.39 is 11.9 Å². The van der Waals surface area contributed by atoms with Crippen molar-refractivity contribution in [3.63, 3.8) is 0 Å². The number of hydrogen-bond donors (Lipinski definition) is 1. The van der Waals surface area contributed by atoms with E-state index >= 15 is 0 Å². The maximum atomic E-state index is 12.1. The topological polar surface area (TPSA) is 70.8 Å². The molecule has 0 radical (unpaired) electrons. The fraction of sp³-hybridized carbons (Fsp3) is 0.375. The zero-order valence-electron chi connectivity index (χ0n) is 11.6. The summed E-state index contributed by atoms with van der Waals surface area (Å²) in [6.07, 6.45) is 1.44. The van der Waals surface area contributed by atoms with Gasteiger partial charge in [0.1, 0.15) is 11.3 Å². The van der Waals surface area contributed by atoms with E-state index in [2.05, 4.69) is 0 Å². The van der Waals surface area contributed by atoms with Gasteiger partial charge in [-0.2, -0.15) is 0 Å². The predicted octanol–water partition coefficient (Wildman–Crippen LogP) is 2.30. The molecule has 1 amide bonds. The van der Waals surface area contributed by atoms with Crippen LogP contribution in [0.3, 0.4) is 0 Å². The lowest BCUT2D eigenvalue weighted by Crippen LogP contribution is -2.30. The van der Waals surface area contributed by atoms with Crippen LogP contribution in [0.4, 0.5) is 0 Å². The van der Waals surface area contributed by atoms with Crippen LogP contribution >= 0.6 is 0 Å². The molecule has 0 aliphatic carbocycles. The van der Waals surface area contributed by atoms with Gasteiger partial charge in [-0.3, -0.25) is 9.59 Å². The van der Waals surface area contributed by atoms with E-state index in [4.69, 9.17) is 9.52 Å². The summed E-state index contributed by atoms with van der Waals surface area (Å²) in [6.45, 7) is 0.865. The minimum absolute atomic E-state index is 0.000735. The van der Waals surface area contributed by atoms with Crippen molar-refractivity contribution >= 4 is 22.8 Å². The van der Waals surface area contributed by atoms with Crippen LogP contribution in [0, 0.1) is 5.92 Å².